The summed E-state index contributed by atoms with van der Waals surface area (Å²) in [6, 6.07) is 40.2. The Balaban J connectivity index is 1.42. The number of hydrogen-bond acceptors (Lipinski definition) is 9. The SMILES string of the molecule is COCOc1ccc(C2OCC(C)(C)CO2)cc1C(O)(c1cccc(N(Cc2ccccc2)Cc2ccccc2)c1)c1cc(C2OCC(C)(C)CO2)ccc1OC. The second-order valence-electron chi connectivity index (χ2n) is 16.6. The van der Waals surface area contributed by atoms with Gasteiger partial charge in [0.25, 0.3) is 0 Å². The Morgan fingerprint density at radius 3 is 1.60 bits per heavy atom. The minimum absolute atomic E-state index is 0.0360. The predicted molar refractivity (Wildman–Crippen MR) is 220 cm³/mol. The fourth-order valence-corrected chi connectivity index (χ4v) is 7.38. The molecule has 0 aromatic heterocycles. The molecule has 1 unspecified atom stereocenters. The molecule has 1 N–H and O–H groups in total. The van der Waals surface area contributed by atoms with E-state index in [2.05, 4.69) is 93.3 Å². The lowest BCUT2D eigenvalue weighted by atomic mass is 9.78. The average molecular weight is 774 g/mol. The molecule has 5 aromatic rings. The number of aliphatic hydroxyl groups is 1. The topological polar surface area (TPSA) is 88.1 Å². The third-order valence-corrected chi connectivity index (χ3v) is 10.4. The normalized spacial score (nSPS) is 18.1. The number of anilines is 1. The molecular formula is C48H55NO8. The monoisotopic (exact) mass is 773 g/mol. The summed E-state index contributed by atoms with van der Waals surface area (Å²) in [7, 11) is 3.18. The number of ether oxygens (including phenoxy) is 7. The lowest BCUT2D eigenvalue weighted by Gasteiger charge is -2.37. The zero-order chi connectivity index (χ0) is 40.0. The van der Waals surface area contributed by atoms with E-state index in [1.807, 2.05) is 60.7 Å². The van der Waals surface area contributed by atoms with Crippen LogP contribution < -0.4 is 14.4 Å². The molecule has 0 bridgehead atoms. The van der Waals surface area contributed by atoms with Gasteiger partial charge >= 0.3 is 0 Å². The molecule has 0 spiro atoms. The Labute approximate surface area is 337 Å². The number of nitrogens with zero attached hydrogens (tertiary/aromatic N) is 1. The number of methoxy groups -OCH3 is 2. The van der Waals surface area contributed by atoms with Crippen LogP contribution in [0.5, 0.6) is 11.5 Å². The molecule has 9 nitrogen and oxygen atoms in total. The summed E-state index contributed by atoms with van der Waals surface area (Å²) in [5.41, 5.74) is 4.19. The highest BCUT2D eigenvalue weighted by molar-refractivity contribution is 5.61. The Bertz CT molecular complexity index is 2030. The van der Waals surface area contributed by atoms with Crippen LogP contribution in [0.15, 0.2) is 121 Å². The Hall–Kier alpha value is -4.74. The molecule has 2 aliphatic heterocycles. The van der Waals surface area contributed by atoms with E-state index in [1.165, 1.54) is 0 Å². The molecule has 0 amide bonds. The van der Waals surface area contributed by atoms with Crippen molar-refractivity contribution in [1.82, 2.24) is 0 Å². The second-order valence-corrected chi connectivity index (χ2v) is 16.6. The molecular weight excluding hydrogens is 719 g/mol. The van der Waals surface area contributed by atoms with E-state index in [0.29, 0.717) is 67.7 Å². The van der Waals surface area contributed by atoms with Crippen molar-refractivity contribution in [3.8, 4) is 11.5 Å². The van der Waals surface area contributed by atoms with Crippen LogP contribution >= 0.6 is 0 Å². The molecule has 300 valence electrons. The van der Waals surface area contributed by atoms with Crippen molar-refractivity contribution >= 4 is 5.69 Å². The molecule has 0 radical (unpaired) electrons. The first-order chi connectivity index (χ1) is 27.5. The van der Waals surface area contributed by atoms with E-state index in [1.54, 1.807) is 14.2 Å². The van der Waals surface area contributed by atoms with Crippen LogP contribution in [0, 0.1) is 10.8 Å². The predicted octanol–water partition coefficient (Wildman–Crippen LogP) is 9.31. The Morgan fingerprint density at radius 2 is 1.11 bits per heavy atom. The fraction of sp³-hybridized carbons (Fsp3) is 0.375. The first-order valence-electron chi connectivity index (χ1n) is 19.5. The molecule has 2 saturated heterocycles. The highest BCUT2D eigenvalue weighted by atomic mass is 16.7. The van der Waals surface area contributed by atoms with Crippen LogP contribution in [0.25, 0.3) is 0 Å². The lowest BCUT2D eigenvalue weighted by Crippen LogP contribution is -2.35. The molecule has 9 heteroatoms. The van der Waals surface area contributed by atoms with E-state index in [9.17, 15) is 5.11 Å². The van der Waals surface area contributed by atoms with Gasteiger partial charge in [-0.25, -0.2) is 0 Å². The smallest absolute Gasteiger partial charge is 0.188 e. The summed E-state index contributed by atoms with van der Waals surface area (Å²) in [6.07, 6.45) is -1.27. The van der Waals surface area contributed by atoms with Crippen molar-refractivity contribution in [1.29, 1.82) is 0 Å². The van der Waals surface area contributed by atoms with Gasteiger partial charge in [0.1, 0.15) is 17.1 Å². The summed E-state index contributed by atoms with van der Waals surface area (Å²) in [6.45, 7) is 11.8. The second kappa shape index (κ2) is 17.4. The van der Waals surface area contributed by atoms with E-state index < -0.39 is 18.2 Å². The number of rotatable bonds is 14. The van der Waals surface area contributed by atoms with Gasteiger partial charge in [-0.3, -0.25) is 0 Å². The maximum Gasteiger partial charge on any atom is 0.188 e. The van der Waals surface area contributed by atoms with E-state index >= 15 is 0 Å². The summed E-state index contributed by atoms with van der Waals surface area (Å²) in [5.74, 6) is 0.901. The van der Waals surface area contributed by atoms with E-state index in [4.69, 9.17) is 33.2 Å². The number of hydrogen-bond donors (Lipinski definition) is 1. The van der Waals surface area contributed by atoms with Crippen LogP contribution in [-0.2, 0) is 42.4 Å². The molecule has 0 aliphatic carbocycles. The maximum atomic E-state index is 13.9. The third kappa shape index (κ3) is 9.36. The van der Waals surface area contributed by atoms with Crippen LogP contribution in [0.3, 0.4) is 0 Å². The van der Waals surface area contributed by atoms with Gasteiger partial charge in [-0.05, 0) is 53.1 Å². The largest absolute Gasteiger partial charge is 0.496 e. The van der Waals surface area contributed by atoms with Crippen LogP contribution in [0.4, 0.5) is 5.69 Å². The first kappa shape index (κ1) is 40.5. The molecule has 0 saturated carbocycles. The van der Waals surface area contributed by atoms with Crippen molar-refractivity contribution in [3.63, 3.8) is 0 Å². The van der Waals surface area contributed by atoms with Gasteiger partial charge in [0.15, 0.2) is 19.4 Å². The van der Waals surface area contributed by atoms with Gasteiger partial charge in [-0.15, -0.1) is 0 Å². The Morgan fingerprint density at radius 1 is 0.614 bits per heavy atom. The van der Waals surface area contributed by atoms with Crippen molar-refractivity contribution in [2.45, 2.75) is 59.0 Å². The van der Waals surface area contributed by atoms with Gasteiger partial charge in [0.05, 0.1) is 33.5 Å². The highest BCUT2D eigenvalue weighted by Gasteiger charge is 2.42. The standard InChI is InChI=1S/C48H55NO8/c1-46(2)29-53-44(54-30-46)36-20-22-42(52-6)40(24-36)48(50,41-25-37(21-23-43(41)57-33-51-5)45-55-31-47(3,4)32-56-45)38-18-13-19-39(26-38)49(27-34-14-9-7-10-15-34)28-35-16-11-8-12-17-35/h7-26,44-45,50H,27-33H2,1-6H3. The van der Waals surface area contributed by atoms with Crippen LogP contribution in [0.1, 0.15) is 79.2 Å². The van der Waals surface area contributed by atoms with Gasteiger partial charge in [-0.1, -0.05) is 113 Å². The summed E-state index contributed by atoms with van der Waals surface area (Å²) in [4.78, 5) is 2.32. The van der Waals surface area contributed by atoms with Crippen LogP contribution in [0.2, 0.25) is 0 Å². The lowest BCUT2D eigenvalue weighted by molar-refractivity contribution is -0.226. The van der Waals surface area contributed by atoms with Crippen molar-refractivity contribution < 1.29 is 38.3 Å². The minimum Gasteiger partial charge on any atom is -0.496 e. The molecule has 7 rings (SSSR count). The summed E-state index contributed by atoms with van der Waals surface area (Å²) < 4.78 is 42.8. The number of benzene rings is 5. The van der Waals surface area contributed by atoms with Crippen LogP contribution in [-0.4, -0.2) is 52.5 Å². The summed E-state index contributed by atoms with van der Waals surface area (Å²) in [5, 5.41) is 13.9. The molecule has 2 fully saturated rings. The molecule has 57 heavy (non-hydrogen) atoms. The molecule has 2 aliphatic rings. The quantitative estimate of drug-likeness (QED) is 0.0877. The van der Waals surface area contributed by atoms with Crippen molar-refractivity contribution in [2.24, 2.45) is 10.8 Å². The van der Waals surface area contributed by atoms with Crippen molar-refractivity contribution in [2.75, 3.05) is 52.3 Å². The average Bonchev–Trinajstić information content (AvgIpc) is 3.23. The highest BCUT2D eigenvalue weighted by Crippen LogP contribution is 2.48. The van der Waals surface area contributed by atoms with Crippen molar-refractivity contribution in [3.05, 3.63) is 160 Å². The first-order valence-corrected chi connectivity index (χ1v) is 19.5. The Kier molecular flexibility index (Phi) is 12.4. The molecule has 5 aromatic carbocycles. The van der Waals surface area contributed by atoms with Gasteiger partial charge in [0.2, 0.25) is 0 Å². The zero-order valence-electron chi connectivity index (χ0n) is 33.9. The summed E-state index contributed by atoms with van der Waals surface area (Å²) >= 11 is 0. The third-order valence-electron chi connectivity index (χ3n) is 10.4. The van der Waals surface area contributed by atoms with E-state index in [0.717, 1.165) is 27.9 Å². The maximum absolute atomic E-state index is 13.9. The van der Waals surface area contributed by atoms with Gasteiger partial charge < -0.3 is 43.2 Å². The van der Waals surface area contributed by atoms with Gasteiger partial charge in [0, 0.05) is 59.0 Å². The minimum atomic E-state index is -1.86. The molecule has 2 heterocycles. The van der Waals surface area contributed by atoms with E-state index in [-0.39, 0.29) is 17.6 Å². The fourth-order valence-electron chi connectivity index (χ4n) is 7.38. The zero-order valence-corrected chi connectivity index (χ0v) is 33.9. The molecule has 1 atom stereocenters. The van der Waals surface area contributed by atoms with Gasteiger partial charge in [-0.2, -0.15) is 0 Å².